The third-order valence-corrected chi connectivity index (χ3v) is 4.63. The average Bonchev–Trinajstić information content (AvgIpc) is 3.40. The molecule has 3 N–H and O–H groups in total. The number of benzene rings is 1. The van der Waals surface area contributed by atoms with Crippen molar-refractivity contribution in [2.75, 3.05) is 20.1 Å². The summed E-state index contributed by atoms with van der Waals surface area (Å²) >= 11 is 0. The summed E-state index contributed by atoms with van der Waals surface area (Å²) in [4.78, 5) is 6.83. The maximum Gasteiger partial charge on any atom is 0.191 e. The summed E-state index contributed by atoms with van der Waals surface area (Å²) in [5, 5.41) is 15.9. The molecule has 0 aromatic heterocycles. The van der Waals surface area contributed by atoms with Gasteiger partial charge in [-0.05, 0) is 43.4 Å². The van der Waals surface area contributed by atoms with Gasteiger partial charge >= 0.3 is 0 Å². The Morgan fingerprint density at radius 3 is 2.65 bits per heavy atom. The molecule has 0 bridgehead atoms. The lowest BCUT2D eigenvalue weighted by Crippen LogP contribution is -2.48. The molecule has 0 amide bonds. The minimum absolute atomic E-state index is 0.321. The molecule has 1 heterocycles. The first kappa shape index (κ1) is 16.1. The first-order valence-electron chi connectivity index (χ1n) is 8.34. The van der Waals surface area contributed by atoms with E-state index in [4.69, 9.17) is 0 Å². The highest BCUT2D eigenvalue weighted by Crippen LogP contribution is 2.29. The molecule has 1 saturated heterocycles. The first-order chi connectivity index (χ1) is 11.2. The molecular weight excluding hydrogens is 295 g/mol. The Hall–Kier alpha value is -1.82. The zero-order valence-corrected chi connectivity index (χ0v) is 13.6. The normalized spacial score (nSPS) is 20.5. The Labute approximate surface area is 136 Å². The van der Waals surface area contributed by atoms with Gasteiger partial charge in [-0.1, -0.05) is 6.07 Å². The van der Waals surface area contributed by atoms with Crippen LogP contribution in [-0.2, 0) is 6.54 Å². The van der Waals surface area contributed by atoms with Crippen molar-refractivity contribution >= 4 is 5.96 Å². The Balaban J connectivity index is 1.45. The minimum Gasteiger partial charge on any atom is -0.505 e. The van der Waals surface area contributed by atoms with E-state index in [2.05, 4.69) is 20.5 Å². The van der Waals surface area contributed by atoms with Crippen LogP contribution in [0.4, 0.5) is 4.39 Å². The maximum absolute atomic E-state index is 13.3. The second-order valence-corrected chi connectivity index (χ2v) is 6.40. The molecule has 6 heteroatoms. The van der Waals surface area contributed by atoms with E-state index in [0.29, 0.717) is 12.6 Å². The van der Waals surface area contributed by atoms with Crippen molar-refractivity contribution in [3.63, 3.8) is 0 Å². The van der Waals surface area contributed by atoms with E-state index in [1.54, 1.807) is 13.1 Å². The molecule has 0 atom stereocenters. The fourth-order valence-electron chi connectivity index (χ4n) is 3.08. The van der Waals surface area contributed by atoms with E-state index >= 15 is 0 Å². The molecular formula is C17H25FN4O. The monoisotopic (exact) mass is 320 g/mol. The highest BCUT2D eigenvalue weighted by Gasteiger charge is 2.31. The fraction of sp³-hybridized carbons (Fsp3) is 0.588. The molecule has 2 fully saturated rings. The summed E-state index contributed by atoms with van der Waals surface area (Å²) < 4.78 is 13.3. The van der Waals surface area contributed by atoms with Gasteiger partial charge in [0, 0.05) is 38.8 Å². The second kappa shape index (κ2) is 7.17. The van der Waals surface area contributed by atoms with E-state index in [1.807, 2.05) is 0 Å². The van der Waals surface area contributed by atoms with Crippen LogP contribution in [0.25, 0.3) is 0 Å². The molecule has 0 unspecified atom stereocenters. The number of rotatable bonds is 4. The number of aliphatic imine (C=N–C) groups is 1. The van der Waals surface area contributed by atoms with Crippen molar-refractivity contribution in [3.05, 3.63) is 29.6 Å². The highest BCUT2D eigenvalue weighted by molar-refractivity contribution is 5.79. The third-order valence-electron chi connectivity index (χ3n) is 4.63. The van der Waals surface area contributed by atoms with E-state index in [9.17, 15) is 9.50 Å². The summed E-state index contributed by atoms with van der Waals surface area (Å²) in [5.41, 5.74) is 0.770. The number of nitrogens with one attached hydrogen (secondary N) is 2. The summed E-state index contributed by atoms with van der Waals surface area (Å²) in [6, 6.07) is 5.69. The predicted octanol–water partition coefficient (Wildman–Crippen LogP) is 1.82. The fourth-order valence-corrected chi connectivity index (χ4v) is 3.08. The van der Waals surface area contributed by atoms with Crippen molar-refractivity contribution < 1.29 is 9.50 Å². The summed E-state index contributed by atoms with van der Waals surface area (Å²) in [6.45, 7) is 2.78. The molecule has 126 valence electrons. The van der Waals surface area contributed by atoms with E-state index in [0.717, 1.165) is 43.5 Å². The van der Waals surface area contributed by atoms with E-state index < -0.39 is 5.82 Å². The van der Waals surface area contributed by atoms with Crippen molar-refractivity contribution in [1.29, 1.82) is 0 Å². The van der Waals surface area contributed by atoms with Crippen LogP contribution < -0.4 is 10.6 Å². The molecule has 1 aliphatic carbocycles. The number of nitrogens with zero attached hydrogens (tertiary/aromatic N) is 2. The minimum atomic E-state index is -0.598. The third kappa shape index (κ3) is 4.34. The van der Waals surface area contributed by atoms with Crippen LogP contribution in [0.2, 0.25) is 0 Å². The number of hydrogen-bond acceptors (Lipinski definition) is 3. The van der Waals surface area contributed by atoms with Gasteiger partial charge in [-0.25, -0.2) is 4.39 Å². The van der Waals surface area contributed by atoms with Crippen molar-refractivity contribution in [1.82, 2.24) is 15.5 Å². The number of phenols is 1. The van der Waals surface area contributed by atoms with Crippen LogP contribution in [0.15, 0.2) is 23.2 Å². The summed E-state index contributed by atoms with van der Waals surface area (Å²) in [5.74, 6) is -0.179. The number of halogens is 1. The first-order valence-corrected chi connectivity index (χ1v) is 8.34. The number of phenolic OH excluding ortho intramolecular Hbond substituents is 1. The van der Waals surface area contributed by atoms with Gasteiger partial charge < -0.3 is 20.6 Å². The van der Waals surface area contributed by atoms with Gasteiger partial charge in [0.1, 0.15) is 0 Å². The average molecular weight is 320 g/mol. The summed E-state index contributed by atoms with van der Waals surface area (Å²) in [7, 11) is 1.74. The van der Waals surface area contributed by atoms with Crippen LogP contribution in [-0.4, -0.2) is 48.2 Å². The molecule has 23 heavy (non-hydrogen) atoms. The molecule has 1 aromatic rings. The molecule has 1 aromatic carbocycles. The van der Waals surface area contributed by atoms with Crippen LogP contribution in [0.5, 0.6) is 5.75 Å². The molecule has 0 spiro atoms. The number of hydrogen-bond donors (Lipinski definition) is 3. The highest BCUT2D eigenvalue weighted by atomic mass is 19.1. The van der Waals surface area contributed by atoms with Gasteiger partial charge in [-0.15, -0.1) is 0 Å². The lowest BCUT2D eigenvalue weighted by atomic mass is 10.1. The Morgan fingerprint density at radius 1 is 1.30 bits per heavy atom. The number of guanidine groups is 1. The quantitative estimate of drug-likeness (QED) is 0.585. The molecule has 3 rings (SSSR count). The zero-order chi connectivity index (χ0) is 16.2. The van der Waals surface area contributed by atoms with Crippen molar-refractivity contribution in [3.8, 4) is 5.75 Å². The van der Waals surface area contributed by atoms with Crippen molar-refractivity contribution in [2.45, 2.75) is 44.3 Å². The van der Waals surface area contributed by atoms with Gasteiger partial charge in [0.05, 0.1) is 0 Å². The van der Waals surface area contributed by atoms with Gasteiger partial charge in [0.15, 0.2) is 17.5 Å². The number of likely N-dealkylation sites (tertiary alicyclic amines) is 1. The number of piperidine rings is 1. The second-order valence-electron chi connectivity index (χ2n) is 6.40. The van der Waals surface area contributed by atoms with Gasteiger partial charge in [0.2, 0.25) is 0 Å². The lowest BCUT2D eigenvalue weighted by molar-refractivity contribution is 0.197. The zero-order valence-electron chi connectivity index (χ0n) is 13.6. The molecule has 1 aliphatic heterocycles. The lowest BCUT2D eigenvalue weighted by Gasteiger charge is -2.33. The number of aromatic hydroxyl groups is 1. The smallest absolute Gasteiger partial charge is 0.191 e. The summed E-state index contributed by atoms with van der Waals surface area (Å²) in [6.07, 6.45) is 4.99. The standard InChI is InChI=1S/C17H25FN4O/c1-19-17(20-11-12-2-5-16(23)15(18)10-12)21-13-6-8-22(9-7-13)14-3-4-14/h2,5,10,13-14,23H,3-4,6-9,11H2,1H3,(H2,19,20,21). The van der Waals surface area contributed by atoms with Crippen LogP contribution >= 0.6 is 0 Å². The Morgan fingerprint density at radius 2 is 2.04 bits per heavy atom. The molecule has 2 aliphatic rings. The van der Waals surface area contributed by atoms with Crippen LogP contribution in [0, 0.1) is 5.82 Å². The van der Waals surface area contributed by atoms with Gasteiger partial charge in [-0.3, -0.25) is 4.99 Å². The van der Waals surface area contributed by atoms with E-state index in [1.165, 1.54) is 25.0 Å². The molecule has 5 nitrogen and oxygen atoms in total. The van der Waals surface area contributed by atoms with Crippen LogP contribution in [0.3, 0.4) is 0 Å². The maximum atomic E-state index is 13.3. The topological polar surface area (TPSA) is 59.9 Å². The predicted molar refractivity (Wildman–Crippen MR) is 89.0 cm³/mol. The molecule has 1 saturated carbocycles. The van der Waals surface area contributed by atoms with E-state index in [-0.39, 0.29) is 5.75 Å². The Bertz CT molecular complexity index is 566. The van der Waals surface area contributed by atoms with Crippen molar-refractivity contribution in [2.24, 2.45) is 4.99 Å². The molecule has 0 radical (unpaired) electrons. The van der Waals surface area contributed by atoms with Gasteiger partial charge in [0.25, 0.3) is 0 Å². The Kier molecular flexibility index (Phi) is 5.00. The largest absolute Gasteiger partial charge is 0.505 e. The van der Waals surface area contributed by atoms with Gasteiger partial charge in [-0.2, -0.15) is 0 Å². The van der Waals surface area contributed by atoms with Crippen LogP contribution in [0.1, 0.15) is 31.2 Å². The SMILES string of the molecule is CN=C(NCc1ccc(O)c(F)c1)NC1CCN(C2CC2)CC1.